The number of hydrogen-bond acceptors (Lipinski definition) is 5. The van der Waals surface area contributed by atoms with Gasteiger partial charge in [-0.2, -0.15) is 0 Å². The Bertz CT molecular complexity index is 715. The molecular formula is C17H24N2O5S. The summed E-state index contributed by atoms with van der Waals surface area (Å²) in [5.41, 5.74) is 0.801. The molecule has 0 spiro atoms. The van der Waals surface area contributed by atoms with Gasteiger partial charge in [0, 0.05) is 12.6 Å². The second-order valence-electron chi connectivity index (χ2n) is 6.12. The topological polar surface area (TPSA) is 92.8 Å². The fraction of sp³-hybridized carbons (Fsp3) is 0.529. The van der Waals surface area contributed by atoms with E-state index in [0.717, 1.165) is 12.8 Å². The number of hydrogen-bond donors (Lipinski definition) is 1. The molecule has 1 heterocycles. The van der Waals surface area contributed by atoms with Crippen molar-refractivity contribution in [2.75, 3.05) is 23.2 Å². The zero-order valence-electron chi connectivity index (χ0n) is 14.5. The lowest BCUT2D eigenvalue weighted by Crippen LogP contribution is -2.35. The van der Waals surface area contributed by atoms with E-state index < -0.39 is 16.0 Å². The minimum atomic E-state index is -3.25. The van der Waals surface area contributed by atoms with Crippen molar-refractivity contribution >= 4 is 27.6 Å². The first-order valence-corrected chi connectivity index (χ1v) is 10.0. The number of nitrogens with one attached hydrogen (secondary N) is 1. The highest BCUT2D eigenvalue weighted by molar-refractivity contribution is 7.93. The van der Waals surface area contributed by atoms with Crippen molar-refractivity contribution in [1.82, 2.24) is 5.32 Å². The third-order valence-electron chi connectivity index (χ3n) is 3.95. The van der Waals surface area contributed by atoms with Gasteiger partial charge >= 0.3 is 5.97 Å². The SMILES string of the molecule is CCCC(C)NC(=O)COC(=O)c1ccc(N2CCCS2(=O)=O)cc1. The molecule has 1 saturated heterocycles. The van der Waals surface area contributed by atoms with E-state index in [1.54, 1.807) is 12.1 Å². The molecule has 1 fully saturated rings. The lowest BCUT2D eigenvalue weighted by atomic mass is 10.2. The van der Waals surface area contributed by atoms with Gasteiger partial charge in [0.15, 0.2) is 6.61 Å². The molecule has 2 rings (SSSR count). The number of carbonyl (C=O) groups excluding carboxylic acids is 2. The number of nitrogens with zero attached hydrogens (tertiary/aromatic N) is 1. The third kappa shape index (κ3) is 5.19. The van der Waals surface area contributed by atoms with Crippen LogP contribution in [0, 0.1) is 0 Å². The van der Waals surface area contributed by atoms with Gasteiger partial charge in [-0.05, 0) is 44.0 Å². The highest BCUT2D eigenvalue weighted by atomic mass is 32.2. The maximum Gasteiger partial charge on any atom is 0.338 e. The molecule has 0 saturated carbocycles. The number of ether oxygens (including phenoxy) is 1. The van der Waals surface area contributed by atoms with Crippen molar-refractivity contribution < 1.29 is 22.7 Å². The largest absolute Gasteiger partial charge is 0.452 e. The molecule has 0 bridgehead atoms. The van der Waals surface area contributed by atoms with Crippen LogP contribution in [0.1, 0.15) is 43.5 Å². The summed E-state index contributed by atoms with van der Waals surface area (Å²) in [4.78, 5) is 23.7. The molecule has 1 N–H and O–H groups in total. The van der Waals surface area contributed by atoms with Gasteiger partial charge in [0.1, 0.15) is 0 Å². The molecule has 1 aromatic carbocycles. The first-order valence-electron chi connectivity index (χ1n) is 8.40. The molecule has 25 heavy (non-hydrogen) atoms. The molecule has 1 atom stereocenters. The lowest BCUT2D eigenvalue weighted by Gasteiger charge is -2.17. The van der Waals surface area contributed by atoms with E-state index >= 15 is 0 Å². The van der Waals surface area contributed by atoms with Gasteiger partial charge in [-0.15, -0.1) is 0 Å². The summed E-state index contributed by atoms with van der Waals surface area (Å²) in [6.07, 6.45) is 2.42. The highest BCUT2D eigenvalue weighted by Crippen LogP contribution is 2.24. The van der Waals surface area contributed by atoms with Crippen LogP contribution < -0.4 is 9.62 Å². The standard InChI is InChI=1S/C17H24N2O5S/c1-3-5-13(2)18-16(20)12-24-17(21)14-6-8-15(9-7-14)19-10-4-11-25(19,22)23/h6-9,13H,3-5,10-12H2,1-2H3,(H,18,20). The van der Waals surface area contributed by atoms with Crippen LogP contribution in [-0.2, 0) is 19.6 Å². The lowest BCUT2D eigenvalue weighted by molar-refractivity contribution is -0.124. The number of rotatable bonds is 7. The van der Waals surface area contributed by atoms with E-state index in [2.05, 4.69) is 5.32 Å². The van der Waals surface area contributed by atoms with Crippen LogP contribution in [0.3, 0.4) is 0 Å². The van der Waals surface area contributed by atoms with Gasteiger partial charge < -0.3 is 10.1 Å². The number of carbonyl (C=O) groups is 2. The Labute approximate surface area is 148 Å². The van der Waals surface area contributed by atoms with Gasteiger partial charge in [-0.25, -0.2) is 13.2 Å². The fourth-order valence-electron chi connectivity index (χ4n) is 2.73. The smallest absolute Gasteiger partial charge is 0.338 e. The second-order valence-corrected chi connectivity index (χ2v) is 8.13. The molecule has 138 valence electrons. The summed E-state index contributed by atoms with van der Waals surface area (Å²) in [5.74, 6) is -0.814. The molecule has 7 nitrogen and oxygen atoms in total. The van der Waals surface area contributed by atoms with Crippen LogP contribution in [0.2, 0.25) is 0 Å². The second kappa shape index (κ2) is 8.33. The summed E-state index contributed by atoms with van der Waals surface area (Å²) in [7, 11) is -3.25. The van der Waals surface area contributed by atoms with Crippen molar-refractivity contribution in [2.45, 2.75) is 39.2 Å². The predicted molar refractivity (Wildman–Crippen MR) is 95.0 cm³/mol. The molecule has 0 radical (unpaired) electrons. The molecule has 1 aromatic rings. The summed E-state index contributed by atoms with van der Waals surface area (Å²) in [5, 5.41) is 2.75. The Hall–Kier alpha value is -2.09. The molecular weight excluding hydrogens is 344 g/mol. The first kappa shape index (κ1) is 19.2. The van der Waals surface area contributed by atoms with E-state index in [1.165, 1.54) is 16.4 Å². The van der Waals surface area contributed by atoms with Crippen molar-refractivity contribution in [1.29, 1.82) is 0 Å². The number of anilines is 1. The normalized spacial score (nSPS) is 17.1. The van der Waals surface area contributed by atoms with Gasteiger partial charge in [-0.3, -0.25) is 9.10 Å². The van der Waals surface area contributed by atoms with Crippen LogP contribution >= 0.6 is 0 Å². The predicted octanol–water partition coefficient (Wildman–Crippen LogP) is 1.69. The van der Waals surface area contributed by atoms with E-state index in [1.807, 2.05) is 13.8 Å². The van der Waals surface area contributed by atoms with Crippen molar-refractivity contribution in [3.8, 4) is 0 Å². The van der Waals surface area contributed by atoms with Crippen LogP contribution in [0.15, 0.2) is 24.3 Å². The summed E-state index contributed by atoms with van der Waals surface area (Å²) in [6, 6.07) is 6.19. The minimum absolute atomic E-state index is 0.0397. The molecule has 1 amide bonds. The first-order chi connectivity index (χ1) is 11.8. The Balaban J connectivity index is 1.89. The summed E-state index contributed by atoms with van der Waals surface area (Å²) >= 11 is 0. The van der Waals surface area contributed by atoms with Crippen LogP contribution in [0.4, 0.5) is 5.69 Å². The van der Waals surface area contributed by atoms with Crippen molar-refractivity contribution in [2.24, 2.45) is 0 Å². The molecule has 1 aliphatic heterocycles. The maximum atomic E-state index is 12.0. The Kier molecular flexibility index (Phi) is 6.41. The zero-order chi connectivity index (χ0) is 18.4. The van der Waals surface area contributed by atoms with Gasteiger partial charge in [0.05, 0.1) is 17.0 Å². The molecule has 1 unspecified atom stereocenters. The van der Waals surface area contributed by atoms with Gasteiger partial charge in [0.2, 0.25) is 10.0 Å². The molecule has 8 heteroatoms. The maximum absolute atomic E-state index is 12.0. The third-order valence-corrected chi connectivity index (χ3v) is 5.82. The highest BCUT2D eigenvalue weighted by Gasteiger charge is 2.28. The van der Waals surface area contributed by atoms with Gasteiger partial charge in [0.25, 0.3) is 5.91 Å². The molecule has 1 aliphatic rings. The monoisotopic (exact) mass is 368 g/mol. The Morgan fingerprint density at radius 3 is 2.52 bits per heavy atom. The number of benzene rings is 1. The van der Waals surface area contributed by atoms with E-state index in [-0.39, 0.29) is 29.9 Å². The minimum Gasteiger partial charge on any atom is -0.452 e. The number of sulfonamides is 1. The van der Waals surface area contributed by atoms with Crippen LogP contribution in [-0.4, -0.2) is 45.2 Å². The quantitative estimate of drug-likeness (QED) is 0.739. The van der Waals surface area contributed by atoms with Gasteiger partial charge in [-0.1, -0.05) is 13.3 Å². The van der Waals surface area contributed by atoms with Crippen molar-refractivity contribution in [3.63, 3.8) is 0 Å². The fourth-order valence-corrected chi connectivity index (χ4v) is 4.29. The van der Waals surface area contributed by atoms with E-state index in [4.69, 9.17) is 4.74 Å². The molecule has 0 aliphatic carbocycles. The summed E-state index contributed by atoms with van der Waals surface area (Å²) < 4.78 is 30.1. The van der Waals surface area contributed by atoms with Crippen LogP contribution in [0.5, 0.6) is 0 Å². The van der Waals surface area contributed by atoms with Crippen molar-refractivity contribution in [3.05, 3.63) is 29.8 Å². The zero-order valence-corrected chi connectivity index (χ0v) is 15.3. The average molecular weight is 368 g/mol. The molecule has 0 aromatic heterocycles. The average Bonchev–Trinajstić information content (AvgIpc) is 2.92. The number of esters is 1. The number of amides is 1. The Morgan fingerprint density at radius 1 is 1.28 bits per heavy atom. The Morgan fingerprint density at radius 2 is 1.96 bits per heavy atom. The summed E-state index contributed by atoms with van der Waals surface area (Å²) in [6.45, 7) is 4.03. The van der Waals surface area contributed by atoms with E-state index in [9.17, 15) is 18.0 Å². The van der Waals surface area contributed by atoms with Crippen LogP contribution in [0.25, 0.3) is 0 Å². The van der Waals surface area contributed by atoms with E-state index in [0.29, 0.717) is 18.7 Å².